The Hall–Kier alpha value is -2.89. The summed E-state index contributed by atoms with van der Waals surface area (Å²) < 4.78 is 23.8. The second kappa shape index (κ2) is 15.4. The van der Waals surface area contributed by atoms with Crippen molar-refractivity contribution in [2.75, 3.05) is 33.5 Å². The summed E-state index contributed by atoms with van der Waals surface area (Å²) in [5.74, 6) is 2.14. The molecule has 196 valence electrons. The minimum Gasteiger partial charge on any atom is -0.493 e. The third kappa shape index (κ3) is 9.83. The Balaban J connectivity index is 1.39. The number of hydrazone groups is 1. The van der Waals surface area contributed by atoms with Gasteiger partial charge >= 0.3 is 0 Å². The highest BCUT2D eigenvalue weighted by Crippen LogP contribution is 2.33. The molecule has 37 heavy (non-hydrogen) atoms. The lowest BCUT2D eigenvalue weighted by molar-refractivity contribution is 0.0755. The van der Waals surface area contributed by atoms with Gasteiger partial charge in [0.05, 0.1) is 30.1 Å². The predicted octanol–water partition coefficient (Wildman–Crippen LogP) is 5.39. The maximum Gasteiger partial charge on any atom is 0.187 e. The van der Waals surface area contributed by atoms with Crippen LogP contribution in [0.1, 0.15) is 22.3 Å². The van der Waals surface area contributed by atoms with E-state index in [0.717, 1.165) is 20.4 Å². The molecule has 7 nitrogen and oxygen atoms in total. The number of nitrogens with zero attached hydrogens (tertiary/aromatic N) is 1. The summed E-state index contributed by atoms with van der Waals surface area (Å²) in [6, 6.07) is 19.9. The van der Waals surface area contributed by atoms with Crippen molar-refractivity contribution >= 4 is 46.1 Å². The van der Waals surface area contributed by atoms with E-state index in [1.807, 2.05) is 54.6 Å². The molecule has 0 bridgehead atoms. The molecule has 0 atom stereocenters. The van der Waals surface area contributed by atoms with Gasteiger partial charge in [-0.15, -0.1) is 0 Å². The molecule has 9 heteroatoms. The highest BCUT2D eigenvalue weighted by atomic mass is 127. The number of halogens is 1. The first-order valence-electron chi connectivity index (χ1n) is 11.8. The second-order valence-corrected chi connectivity index (χ2v) is 9.70. The predicted molar refractivity (Wildman–Crippen MR) is 160 cm³/mol. The molecule has 0 fully saturated rings. The van der Waals surface area contributed by atoms with Crippen LogP contribution in [-0.4, -0.2) is 44.9 Å². The summed E-state index contributed by atoms with van der Waals surface area (Å²) in [5.41, 5.74) is 7.29. The number of thiocarbonyl (C=S) groups is 1. The van der Waals surface area contributed by atoms with Gasteiger partial charge in [-0.05, 0) is 95.2 Å². The second-order valence-electron chi connectivity index (χ2n) is 8.13. The molecule has 3 aromatic rings. The Morgan fingerprint density at radius 3 is 2.43 bits per heavy atom. The highest BCUT2D eigenvalue weighted by Gasteiger charge is 2.11. The molecule has 0 aliphatic rings. The molecular weight excluding hydrogens is 601 g/mol. The van der Waals surface area contributed by atoms with Crippen molar-refractivity contribution in [2.24, 2.45) is 5.10 Å². The number of hydrogen-bond acceptors (Lipinski definition) is 6. The zero-order chi connectivity index (χ0) is 26.5. The van der Waals surface area contributed by atoms with Crippen LogP contribution in [0.15, 0.2) is 65.8 Å². The van der Waals surface area contributed by atoms with E-state index < -0.39 is 0 Å². The molecule has 3 aromatic carbocycles. The monoisotopic (exact) mass is 633 g/mol. The molecule has 2 N–H and O–H groups in total. The number of nitrogens with one attached hydrogen (secondary N) is 2. The molecule has 0 aliphatic carbocycles. The SMILES string of the molecule is COc1cc(C=NNC(=S)NCc2ccccc2)cc(I)c1OCCOCCOc1ccc(C)c(C)c1. The van der Waals surface area contributed by atoms with E-state index in [4.69, 9.17) is 31.2 Å². The van der Waals surface area contributed by atoms with E-state index in [2.05, 4.69) is 58.3 Å². The van der Waals surface area contributed by atoms with Gasteiger partial charge < -0.3 is 24.3 Å². The molecule has 0 radical (unpaired) electrons. The smallest absolute Gasteiger partial charge is 0.187 e. The summed E-state index contributed by atoms with van der Waals surface area (Å²) in [6.07, 6.45) is 1.68. The number of rotatable bonds is 13. The Bertz CT molecular complexity index is 1190. The molecule has 0 heterocycles. The van der Waals surface area contributed by atoms with Gasteiger partial charge in [0, 0.05) is 6.54 Å². The van der Waals surface area contributed by atoms with Gasteiger partial charge in [-0.25, -0.2) is 0 Å². The molecule has 0 unspecified atom stereocenters. The number of hydrogen-bond donors (Lipinski definition) is 2. The third-order valence-electron chi connectivity index (χ3n) is 5.38. The molecular formula is C28H32IN3O4S. The van der Waals surface area contributed by atoms with Crippen molar-refractivity contribution in [3.8, 4) is 17.2 Å². The van der Waals surface area contributed by atoms with E-state index in [1.54, 1.807) is 13.3 Å². The molecule has 3 rings (SSSR count). The van der Waals surface area contributed by atoms with Crippen molar-refractivity contribution in [3.63, 3.8) is 0 Å². The molecule has 0 spiro atoms. The number of aryl methyl sites for hydroxylation is 2. The fourth-order valence-corrected chi connectivity index (χ4v) is 4.17. The van der Waals surface area contributed by atoms with E-state index in [1.165, 1.54) is 11.1 Å². The first-order chi connectivity index (χ1) is 18.0. The standard InChI is InChI=1S/C28H32IN3O4S/c1-20-9-10-24(15-21(20)2)35-13-11-34-12-14-36-27-25(29)16-23(17-26(27)33-3)19-31-32-28(37)30-18-22-7-5-4-6-8-22/h4-10,15-17,19H,11-14,18H2,1-3H3,(H2,30,32,37). The Labute approximate surface area is 237 Å². The zero-order valence-electron chi connectivity index (χ0n) is 21.3. The van der Waals surface area contributed by atoms with Gasteiger partial charge in [0.1, 0.15) is 19.0 Å². The van der Waals surface area contributed by atoms with Crippen molar-refractivity contribution in [1.82, 2.24) is 10.7 Å². The Morgan fingerprint density at radius 1 is 0.946 bits per heavy atom. The number of ether oxygens (including phenoxy) is 4. The quantitative estimate of drug-likeness (QED) is 0.0861. The average Bonchev–Trinajstić information content (AvgIpc) is 2.90. The lowest BCUT2D eigenvalue weighted by Crippen LogP contribution is -2.31. The first kappa shape index (κ1) is 28.7. The first-order valence-corrected chi connectivity index (χ1v) is 13.3. The van der Waals surface area contributed by atoms with Gasteiger partial charge in [-0.3, -0.25) is 5.43 Å². The molecule has 0 amide bonds. The Morgan fingerprint density at radius 2 is 1.70 bits per heavy atom. The molecule has 0 aromatic heterocycles. The van der Waals surface area contributed by atoms with Gasteiger partial charge in [0.2, 0.25) is 0 Å². The lowest BCUT2D eigenvalue weighted by Gasteiger charge is -2.14. The maximum atomic E-state index is 5.94. The third-order valence-corrected chi connectivity index (χ3v) is 6.41. The lowest BCUT2D eigenvalue weighted by atomic mass is 10.1. The minimum atomic E-state index is 0.395. The van der Waals surface area contributed by atoms with E-state index in [0.29, 0.717) is 49.6 Å². The molecule has 0 saturated carbocycles. The van der Waals surface area contributed by atoms with Crippen molar-refractivity contribution < 1.29 is 18.9 Å². The van der Waals surface area contributed by atoms with Gasteiger partial charge in [-0.1, -0.05) is 36.4 Å². The highest BCUT2D eigenvalue weighted by molar-refractivity contribution is 14.1. The van der Waals surface area contributed by atoms with Crippen LogP contribution in [0.5, 0.6) is 17.2 Å². The number of methoxy groups -OCH3 is 1. The van der Waals surface area contributed by atoms with Gasteiger partial charge in [0.15, 0.2) is 16.6 Å². The Kier molecular flexibility index (Phi) is 11.9. The summed E-state index contributed by atoms with van der Waals surface area (Å²) in [7, 11) is 1.61. The summed E-state index contributed by atoms with van der Waals surface area (Å²) in [4.78, 5) is 0. The maximum absolute atomic E-state index is 5.94. The number of benzene rings is 3. The summed E-state index contributed by atoms with van der Waals surface area (Å²) >= 11 is 7.50. The van der Waals surface area contributed by atoms with Crippen LogP contribution in [0.2, 0.25) is 0 Å². The van der Waals surface area contributed by atoms with E-state index in [9.17, 15) is 0 Å². The van der Waals surface area contributed by atoms with Crippen molar-refractivity contribution in [3.05, 3.63) is 86.5 Å². The fourth-order valence-electron chi connectivity index (χ4n) is 3.26. The summed E-state index contributed by atoms with van der Waals surface area (Å²) in [6.45, 7) is 6.58. The van der Waals surface area contributed by atoms with Crippen molar-refractivity contribution in [2.45, 2.75) is 20.4 Å². The van der Waals surface area contributed by atoms with Crippen LogP contribution in [0.4, 0.5) is 0 Å². The van der Waals surface area contributed by atoms with Gasteiger partial charge in [0.25, 0.3) is 0 Å². The van der Waals surface area contributed by atoms with E-state index in [-0.39, 0.29) is 0 Å². The largest absolute Gasteiger partial charge is 0.493 e. The normalized spacial score (nSPS) is 10.8. The van der Waals surface area contributed by atoms with Crippen LogP contribution < -0.4 is 25.0 Å². The fraction of sp³-hybridized carbons (Fsp3) is 0.286. The topological polar surface area (TPSA) is 73.3 Å². The minimum absolute atomic E-state index is 0.395. The van der Waals surface area contributed by atoms with Gasteiger partial charge in [-0.2, -0.15) is 5.10 Å². The summed E-state index contributed by atoms with van der Waals surface area (Å²) in [5, 5.41) is 7.79. The van der Waals surface area contributed by atoms with Crippen LogP contribution in [0.3, 0.4) is 0 Å². The van der Waals surface area contributed by atoms with Crippen LogP contribution in [0, 0.1) is 17.4 Å². The average molecular weight is 634 g/mol. The van der Waals surface area contributed by atoms with Crippen LogP contribution >= 0.6 is 34.8 Å². The van der Waals surface area contributed by atoms with Crippen LogP contribution in [-0.2, 0) is 11.3 Å². The molecule has 0 aliphatic heterocycles. The van der Waals surface area contributed by atoms with Crippen molar-refractivity contribution in [1.29, 1.82) is 0 Å². The molecule has 0 saturated heterocycles. The van der Waals surface area contributed by atoms with Crippen LogP contribution in [0.25, 0.3) is 0 Å². The zero-order valence-corrected chi connectivity index (χ0v) is 24.2. The van der Waals surface area contributed by atoms with E-state index >= 15 is 0 Å².